The molecule has 1 aliphatic rings. The van der Waals surface area contributed by atoms with Gasteiger partial charge >= 0.3 is 6.03 Å². The summed E-state index contributed by atoms with van der Waals surface area (Å²) in [6.07, 6.45) is 0. The van der Waals surface area contributed by atoms with Crippen molar-refractivity contribution in [3.05, 3.63) is 42.2 Å². The smallest absolute Gasteiger partial charge is 0.321 e. The number of nitrogens with one attached hydrogen (secondary N) is 2. The number of hydrogen-bond acceptors (Lipinski definition) is 5. The van der Waals surface area contributed by atoms with Crippen LogP contribution in [0.2, 0.25) is 0 Å². The Bertz CT molecular complexity index is 713. The van der Waals surface area contributed by atoms with Gasteiger partial charge in [0.1, 0.15) is 17.5 Å². The third kappa shape index (κ3) is 4.37. The minimum atomic E-state index is -0.0574. The van der Waals surface area contributed by atoms with Crippen LogP contribution in [0.3, 0.4) is 0 Å². The number of aryl methyl sites for hydroxylation is 1. The van der Waals surface area contributed by atoms with Gasteiger partial charge in [-0.3, -0.25) is 0 Å². The zero-order valence-corrected chi connectivity index (χ0v) is 14.7. The number of aromatic nitrogens is 2. The second-order valence-corrected chi connectivity index (χ2v) is 5.96. The maximum absolute atomic E-state index is 12.4. The molecule has 0 atom stereocenters. The number of nitrogens with zero attached hydrogens (tertiary/aromatic N) is 4. The molecule has 2 heterocycles. The van der Waals surface area contributed by atoms with Crippen LogP contribution in [0.5, 0.6) is 0 Å². The lowest BCUT2D eigenvalue weighted by Crippen LogP contribution is -2.50. The van der Waals surface area contributed by atoms with Gasteiger partial charge in [0.05, 0.1) is 0 Å². The van der Waals surface area contributed by atoms with Gasteiger partial charge in [0.2, 0.25) is 0 Å². The van der Waals surface area contributed by atoms with Gasteiger partial charge in [0.25, 0.3) is 0 Å². The van der Waals surface area contributed by atoms with Crippen molar-refractivity contribution in [3.8, 4) is 0 Å². The number of piperazine rings is 1. The van der Waals surface area contributed by atoms with Gasteiger partial charge in [-0.1, -0.05) is 18.2 Å². The Morgan fingerprint density at radius 2 is 1.84 bits per heavy atom. The van der Waals surface area contributed by atoms with Gasteiger partial charge < -0.3 is 20.4 Å². The first-order chi connectivity index (χ1) is 12.2. The molecule has 0 radical (unpaired) electrons. The number of carbonyl (C=O) groups excluding carboxylic acids is 1. The SMILES string of the molecule is CCNc1cc(N2CCN(C(=O)Nc3ccccc3)CC2)nc(C)n1. The van der Waals surface area contributed by atoms with E-state index in [4.69, 9.17) is 0 Å². The van der Waals surface area contributed by atoms with Crippen LogP contribution < -0.4 is 15.5 Å². The Labute approximate surface area is 148 Å². The van der Waals surface area contributed by atoms with Gasteiger partial charge in [-0.15, -0.1) is 0 Å². The van der Waals surface area contributed by atoms with Crippen molar-refractivity contribution in [2.24, 2.45) is 0 Å². The molecule has 0 unspecified atom stereocenters. The number of para-hydroxylation sites is 1. The summed E-state index contributed by atoms with van der Waals surface area (Å²) >= 11 is 0. The van der Waals surface area contributed by atoms with Crippen molar-refractivity contribution in [1.82, 2.24) is 14.9 Å². The number of benzene rings is 1. The number of carbonyl (C=O) groups is 1. The summed E-state index contributed by atoms with van der Waals surface area (Å²) in [6.45, 7) is 7.60. The molecule has 1 aromatic carbocycles. The normalized spacial score (nSPS) is 14.3. The highest BCUT2D eigenvalue weighted by molar-refractivity contribution is 5.89. The van der Waals surface area contributed by atoms with E-state index in [2.05, 4.69) is 25.5 Å². The molecule has 2 amide bonds. The van der Waals surface area contributed by atoms with E-state index in [9.17, 15) is 4.79 Å². The van der Waals surface area contributed by atoms with Crippen molar-refractivity contribution in [2.45, 2.75) is 13.8 Å². The molecule has 1 fully saturated rings. The number of anilines is 3. The maximum atomic E-state index is 12.4. The number of hydrogen-bond donors (Lipinski definition) is 2. The second-order valence-electron chi connectivity index (χ2n) is 5.96. The van der Waals surface area contributed by atoms with E-state index in [1.165, 1.54) is 0 Å². The van der Waals surface area contributed by atoms with E-state index in [1.54, 1.807) is 0 Å². The lowest BCUT2D eigenvalue weighted by molar-refractivity contribution is 0.208. The van der Waals surface area contributed by atoms with Crippen molar-refractivity contribution in [3.63, 3.8) is 0 Å². The topological polar surface area (TPSA) is 73.4 Å². The van der Waals surface area contributed by atoms with E-state index in [0.717, 1.165) is 42.8 Å². The molecule has 7 nitrogen and oxygen atoms in total. The molecule has 1 aromatic heterocycles. The lowest BCUT2D eigenvalue weighted by Gasteiger charge is -2.35. The largest absolute Gasteiger partial charge is 0.370 e. The summed E-state index contributed by atoms with van der Waals surface area (Å²) in [5.74, 6) is 2.50. The summed E-state index contributed by atoms with van der Waals surface area (Å²) in [4.78, 5) is 25.3. The minimum absolute atomic E-state index is 0.0574. The van der Waals surface area contributed by atoms with Crippen LogP contribution in [0.25, 0.3) is 0 Å². The third-order valence-electron chi connectivity index (χ3n) is 4.10. The van der Waals surface area contributed by atoms with Crippen molar-refractivity contribution in [2.75, 3.05) is 48.3 Å². The molecule has 2 N–H and O–H groups in total. The van der Waals surface area contributed by atoms with Gasteiger partial charge in [0, 0.05) is 44.5 Å². The van der Waals surface area contributed by atoms with Crippen molar-refractivity contribution >= 4 is 23.4 Å². The number of urea groups is 1. The standard InChI is InChI=1S/C18H24N6O/c1-3-19-16-13-17(21-14(2)20-16)23-9-11-24(12-10-23)18(25)22-15-7-5-4-6-8-15/h4-8,13H,3,9-12H2,1-2H3,(H,22,25)(H,19,20,21). The number of rotatable bonds is 4. The predicted octanol–water partition coefficient (Wildman–Crippen LogP) is 2.57. The van der Waals surface area contributed by atoms with E-state index in [1.807, 2.05) is 55.1 Å². The molecule has 132 valence electrons. The van der Waals surface area contributed by atoms with Crippen LogP contribution in [-0.4, -0.2) is 53.6 Å². The van der Waals surface area contributed by atoms with Gasteiger partial charge in [-0.25, -0.2) is 14.8 Å². The Morgan fingerprint density at radius 1 is 1.12 bits per heavy atom. The molecule has 1 saturated heterocycles. The fourth-order valence-corrected chi connectivity index (χ4v) is 2.85. The molecule has 25 heavy (non-hydrogen) atoms. The summed E-state index contributed by atoms with van der Waals surface area (Å²) in [7, 11) is 0. The minimum Gasteiger partial charge on any atom is -0.370 e. The van der Waals surface area contributed by atoms with E-state index < -0.39 is 0 Å². The van der Waals surface area contributed by atoms with Crippen molar-refractivity contribution < 1.29 is 4.79 Å². The second kappa shape index (κ2) is 7.83. The fraction of sp³-hybridized carbons (Fsp3) is 0.389. The number of amides is 2. The molecule has 1 aliphatic heterocycles. The fourth-order valence-electron chi connectivity index (χ4n) is 2.85. The Balaban J connectivity index is 1.59. The van der Waals surface area contributed by atoms with E-state index in [-0.39, 0.29) is 6.03 Å². The van der Waals surface area contributed by atoms with Crippen molar-refractivity contribution in [1.29, 1.82) is 0 Å². The van der Waals surface area contributed by atoms with Crippen LogP contribution in [0, 0.1) is 6.92 Å². The van der Waals surface area contributed by atoms with E-state index >= 15 is 0 Å². The van der Waals surface area contributed by atoms with Crippen LogP contribution in [-0.2, 0) is 0 Å². The van der Waals surface area contributed by atoms with Crippen LogP contribution in [0.1, 0.15) is 12.7 Å². The average molecular weight is 340 g/mol. The summed E-state index contributed by atoms with van der Waals surface area (Å²) in [6, 6.07) is 11.4. The maximum Gasteiger partial charge on any atom is 0.321 e. The van der Waals surface area contributed by atoms with E-state index in [0.29, 0.717) is 13.1 Å². The molecule has 0 saturated carbocycles. The van der Waals surface area contributed by atoms with Gasteiger partial charge in [0.15, 0.2) is 0 Å². The Morgan fingerprint density at radius 3 is 2.52 bits per heavy atom. The molecule has 2 aromatic rings. The molecule has 7 heteroatoms. The lowest BCUT2D eigenvalue weighted by atomic mass is 10.3. The first kappa shape index (κ1) is 17.0. The van der Waals surface area contributed by atoms with Gasteiger partial charge in [-0.05, 0) is 26.0 Å². The highest BCUT2D eigenvalue weighted by Gasteiger charge is 2.22. The summed E-state index contributed by atoms with van der Waals surface area (Å²) in [5, 5.41) is 6.16. The van der Waals surface area contributed by atoms with Gasteiger partial charge in [-0.2, -0.15) is 0 Å². The third-order valence-corrected chi connectivity index (χ3v) is 4.10. The first-order valence-electron chi connectivity index (χ1n) is 8.61. The predicted molar refractivity (Wildman–Crippen MR) is 100 cm³/mol. The van der Waals surface area contributed by atoms with Crippen LogP contribution >= 0.6 is 0 Å². The average Bonchev–Trinajstić information content (AvgIpc) is 2.62. The van der Waals surface area contributed by atoms with Crippen LogP contribution in [0.15, 0.2) is 36.4 Å². The Kier molecular flexibility index (Phi) is 5.33. The monoisotopic (exact) mass is 340 g/mol. The Hall–Kier alpha value is -2.83. The molecule has 0 spiro atoms. The first-order valence-corrected chi connectivity index (χ1v) is 8.61. The molecular formula is C18H24N6O. The highest BCUT2D eigenvalue weighted by atomic mass is 16.2. The van der Waals surface area contributed by atoms with Crippen LogP contribution in [0.4, 0.5) is 22.1 Å². The molecule has 0 bridgehead atoms. The molecular weight excluding hydrogens is 316 g/mol. The summed E-state index contributed by atoms with van der Waals surface area (Å²) in [5.41, 5.74) is 0.816. The molecule has 0 aliphatic carbocycles. The molecule has 3 rings (SSSR count). The summed E-state index contributed by atoms with van der Waals surface area (Å²) < 4.78 is 0. The highest BCUT2D eigenvalue weighted by Crippen LogP contribution is 2.18. The zero-order valence-electron chi connectivity index (χ0n) is 14.7. The zero-order chi connectivity index (χ0) is 17.6. The quantitative estimate of drug-likeness (QED) is 0.895.